The molecule has 5 atom stereocenters. The Hall–Kier alpha value is -8.15. The first-order chi connectivity index (χ1) is 30.7. The first kappa shape index (κ1) is 50.2. The molecule has 2 aromatic carbocycles. The number of ether oxygens (including phenoxy) is 12. The van der Waals surface area contributed by atoms with Crippen LogP contribution in [-0.4, -0.2) is 130 Å². The molecule has 0 saturated carbocycles. The fraction of sp³-hybridized carbons (Fsp3) is 0.325. The second kappa shape index (κ2) is 26.2. The maximum absolute atomic E-state index is 13.3. The van der Waals surface area contributed by atoms with Gasteiger partial charge in [-0.2, -0.15) is 0 Å². The highest BCUT2D eigenvalue weighted by atomic mass is 16.8. The van der Waals surface area contributed by atoms with Crippen molar-refractivity contribution in [3.8, 4) is 5.75 Å². The minimum absolute atomic E-state index is 0.00754. The molecule has 1 N–H and O–H groups in total. The standard InChI is InChI=1S/C40H43N3O21/c1-6-19-53-33(44)31-29(61-38(48)54-20-7-2)30(62-39(49)55-21-8-3)32(63-40(50)56-22-9-4)34(60-31)64-35(45)41-26-12-10-25(11-13-26)24-58-36(46)42(5)18-23-57-37(47)59-28-16-14-27(15-17-28)43(51)52/h6-17,29-32,34H,1-4,18-24H2,5H3,(H,41,45)/t29-,30-,31-,32+,34-/m0/s1. The number of non-ortho nitro benzene ring substituents is 1. The maximum atomic E-state index is 13.3. The average Bonchev–Trinajstić information content (AvgIpc) is 3.27. The van der Waals surface area contributed by atoms with Gasteiger partial charge in [0.25, 0.3) is 5.69 Å². The van der Waals surface area contributed by atoms with Crippen LogP contribution in [0.5, 0.6) is 5.75 Å². The van der Waals surface area contributed by atoms with Gasteiger partial charge in [-0.3, -0.25) is 15.4 Å². The van der Waals surface area contributed by atoms with Gasteiger partial charge in [-0.25, -0.2) is 33.6 Å². The number of nitro groups is 1. The number of esters is 1. The molecule has 0 spiro atoms. The summed E-state index contributed by atoms with van der Waals surface area (Å²) in [5.41, 5.74) is 0.352. The molecule has 2 amide bonds. The molecule has 24 nitrogen and oxygen atoms in total. The predicted molar refractivity (Wildman–Crippen MR) is 214 cm³/mol. The normalized spacial score (nSPS) is 17.2. The molecule has 0 bridgehead atoms. The molecule has 0 radical (unpaired) electrons. The Morgan fingerprint density at radius 1 is 0.688 bits per heavy atom. The quantitative estimate of drug-likeness (QED) is 0.0404. The van der Waals surface area contributed by atoms with Gasteiger partial charge in [-0.05, 0) is 29.8 Å². The van der Waals surface area contributed by atoms with E-state index in [-0.39, 0.29) is 63.3 Å². The van der Waals surface area contributed by atoms with E-state index in [0.29, 0.717) is 5.56 Å². The van der Waals surface area contributed by atoms with Crippen LogP contribution in [0.2, 0.25) is 0 Å². The molecule has 1 saturated heterocycles. The molecule has 24 heteroatoms. The molecular weight excluding hydrogens is 858 g/mol. The van der Waals surface area contributed by atoms with Crippen LogP contribution in [0.4, 0.5) is 40.1 Å². The second-order valence-electron chi connectivity index (χ2n) is 12.3. The van der Waals surface area contributed by atoms with E-state index < -0.39 is 78.4 Å². The number of benzene rings is 2. The van der Waals surface area contributed by atoms with Crippen LogP contribution in [-0.2, 0) is 63.5 Å². The highest BCUT2D eigenvalue weighted by molar-refractivity contribution is 5.85. The van der Waals surface area contributed by atoms with E-state index in [1.807, 2.05) is 0 Å². The average molecular weight is 902 g/mol. The maximum Gasteiger partial charge on any atom is 0.513 e. The van der Waals surface area contributed by atoms with Crippen molar-refractivity contribution in [2.75, 3.05) is 51.9 Å². The Morgan fingerprint density at radius 2 is 1.22 bits per heavy atom. The first-order valence-corrected chi connectivity index (χ1v) is 18.5. The molecule has 1 aliphatic heterocycles. The van der Waals surface area contributed by atoms with Gasteiger partial charge in [-0.1, -0.05) is 62.8 Å². The van der Waals surface area contributed by atoms with Gasteiger partial charge >= 0.3 is 42.8 Å². The van der Waals surface area contributed by atoms with Crippen molar-refractivity contribution < 1.29 is 95.3 Å². The SMILES string of the molecule is C=CCOC(=O)O[C@@H]1[C@@H](OC(=O)OCC=C)[C@H](OC(=O)Nc2ccc(COC(=O)N(C)CCOC(=O)Oc3ccc([N+](=O)[O-])cc3)cc2)O[C@H](C(=O)OCC=C)[C@H]1OC(=O)OCC=C. The number of nitro benzene ring substituents is 1. The third kappa shape index (κ3) is 16.7. The fourth-order valence-corrected chi connectivity index (χ4v) is 4.83. The number of amides is 2. The number of nitrogens with one attached hydrogen (secondary N) is 1. The minimum Gasteiger partial charge on any atom is -0.459 e. The van der Waals surface area contributed by atoms with Crippen molar-refractivity contribution in [1.82, 2.24) is 4.90 Å². The minimum atomic E-state index is -2.12. The number of carbonyl (C=O) groups excluding carboxylic acids is 7. The van der Waals surface area contributed by atoms with Crippen molar-refractivity contribution in [3.63, 3.8) is 0 Å². The van der Waals surface area contributed by atoms with E-state index in [9.17, 15) is 43.7 Å². The lowest BCUT2D eigenvalue weighted by atomic mass is 9.98. The Bertz CT molecular complexity index is 1990. The van der Waals surface area contributed by atoms with Gasteiger partial charge in [0.05, 0.1) is 11.5 Å². The molecule has 1 aliphatic rings. The van der Waals surface area contributed by atoms with Crippen LogP contribution < -0.4 is 10.1 Å². The molecule has 2 aromatic rings. The monoisotopic (exact) mass is 901 g/mol. The summed E-state index contributed by atoms with van der Waals surface area (Å²) < 4.78 is 61.9. The topological polar surface area (TPSA) is 289 Å². The Labute approximate surface area is 363 Å². The molecule has 3 rings (SSSR count). The lowest BCUT2D eigenvalue weighted by molar-refractivity contribution is -0.384. The third-order valence-corrected chi connectivity index (χ3v) is 7.72. The van der Waals surface area contributed by atoms with Gasteiger partial charge in [0.15, 0.2) is 18.3 Å². The molecule has 1 heterocycles. The van der Waals surface area contributed by atoms with Gasteiger partial charge in [-0.15, -0.1) is 0 Å². The summed E-state index contributed by atoms with van der Waals surface area (Å²) in [6.45, 7) is 11.6. The van der Waals surface area contributed by atoms with Crippen LogP contribution in [0.25, 0.3) is 0 Å². The van der Waals surface area contributed by atoms with Crippen LogP contribution in [0.1, 0.15) is 5.56 Å². The molecule has 1 fully saturated rings. The number of hydrogen-bond acceptors (Lipinski definition) is 21. The van der Waals surface area contributed by atoms with Crippen LogP contribution >= 0.6 is 0 Å². The molecule has 64 heavy (non-hydrogen) atoms. The predicted octanol–water partition coefficient (Wildman–Crippen LogP) is 5.50. The third-order valence-electron chi connectivity index (χ3n) is 7.72. The van der Waals surface area contributed by atoms with Crippen molar-refractivity contribution >= 4 is 54.2 Å². The number of rotatable bonds is 21. The van der Waals surface area contributed by atoms with Gasteiger partial charge in [0.1, 0.15) is 45.4 Å². The Balaban J connectivity index is 1.70. The van der Waals surface area contributed by atoms with Gasteiger partial charge in [0.2, 0.25) is 12.4 Å². The smallest absolute Gasteiger partial charge is 0.459 e. The molecule has 0 unspecified atom stereocenters. The summed E-state index contributed by atoms with van der Waals surface area (Å²) in [7, 11) is 1.38. The Kier molecular flexibility index (Phi) is 20.6. The summed E-state index contributed by atoms with van der Waals surface area (Å²) in [6.07, 6.45) is -13.0. The van der Waals surface area contributed by atoms with E-state index in [0.717, 1.165) is 17.0 Å². The number of anilines is 1. The van der Waals surface area contributed by atoms with E-state index in [2.05, 4.69) is 31.6 Å². The lowest BCUT2D eigenvalue weighted by Gasteiger charge is -2.42. The zero-order valence-corrected chi connectivity index (χ0v) is 34.1. The van der Waals surface area contributed by atoms with Crippen LogP contribution in [0, 0.1) is 10.1 Å². The largest absolute Gasteiger partial charge is 0.513 e. The summed E-state index contributed by atoms with van der Waals surface area (Å²) in [5, 5.41) is 13.1. The highest BCUT2D eigenvalue weighted by Gasteiger charge is 2.57. The summed E-state index contributed by atoms with van der Waals surface area (Å²) in [4.78, 5) is 100. The van der Waals surface area contributed by atoms with Gasteiger partial charge in [0, 0.05) is 24.9 Å². The van der Waals surface area contributed by atoms with Gasteiger partial charge < -0.3 is 61.7 Å². The Morgan fingerprint density at radius 3 is 1.77 bits per heavy atom. The van der Waals surface area contributed by atoms with E-state index in [1.165, 1.54) is 67.7 Å². The van der Waals surface area contributed by atoms with E-state index in [4.69, 9.17) is 56.8 Å². The zero-order valence-electron chi connectivity index (χ0n) is 34.1. The van der Waals surface area contributed by atoms with E-state index >= 15 is 0 Å². The molecule has 0 aliphatic carbocycles. The van der Waals surface area contributed by atoms with Crippen LogP contribution in [0.15, 0.2) is 99.2 Å². The van der Waals surface area contributed by atoms with Crippen molar-refractivity contribution in [2.45, 2.75) is 37.3 Å². The fourth-order valence-electron chi connectivity index (χ4n) is 4.83. The van der Waals surface area contributed by atoms with Crippen molar-refractivity contribution in [1.29, 1.82) is 0 Å². The number of carbonyl (C=O) groups is 7. The zero-order chi connectivity index (χ0) is 47.0. The van der Waals surface area contributed by atoms with Crippen molar-refractivity contribution in [3.05, 3.63) is 115 Å². The second-order valence-corrected chi connectivity index (χ2v) is 12.3. The number of nitrogens with zero attached hydrogens (tertiary/aromatic N) is 2. The van der Waals surface area contributed by atoms with Crippen LogP contribution in [0.3, 0.4) is 0 Å². The molecule has 0 aromatic heterocycles. The summed E-state index contributed by atoms with van der Waals surface area (Å²) >= 11 is 0. The van der Waals surface area contributed by atoms with Crippen molar-refractivity contribution in [2.24, 2.45) is 0 Å². The summed E-state index contributed by atoms with van der Waals surface area (Å²) in [5.74, 6) is -1.23. The summed E-state index contributed by atoms with van der Waals surface area (Å²) in [6, 6.07) is 10.4. The number of hydrogen-bond donors (Lipinski definition) is 1. The van der Waals surface area contributed by atoms with E-state index in [1.54, 1.807) is 0 Å². The first-order valence-electron chi connectivity index (χ1n) is 18.5. The number of likely N-dealkylation sites (N-methyl/N-ethyl adjacent to an activating group) is 1. The lowest BCUT2D eigenvalue weighted by Crippen LogP contribution is -2.64. The highest BCUT2D eigenvalue weighted by Crippen LogP contribution is 2.31. The molecular formula is C40H43N3O21. The molecule has 344 valence electrons.